The third-order valence-corrected chi connectivity index (χ3v) is 5.14. The van der Waals surface area contributed by atoms with E-state index < -0.39 is 5.97 Å². The van der Waals surface area contributed by atoms with Crippen LogP contribution in [0.3, 0.4) is 0 Å². The number of benzene rings is 1. The quantitative estimate of drug-likeness (QED) is 0.807. The Kier molecular flexibility index (Phi) is 5.69. The van der Waals surface area contributed by atoms with Gasteiger partial charge in [-0.2, -0.15) is 5.26 Å². The van der Waals surface area contributed by atoms with E-state index in [4.69, 9.17) is 0 Å². The van der Waals surface area contributed by atoms with Crippen molar-refractivity contribution >= 4 is 17.4 Å². The largest absolute Gasteiger partial charge is 0.477 e. The minimum Gasteiger partial charge on any atom is -0.477 e. The van der Waals surface area contributed by atoms with Crippen molar-refractivity contribution in [3.63, 3.8) is 0 Å². The van der Waals surface area contributed by atoms with E-state index in [1.807, 2.05) is 43.3 Å². The number of nitrogens with one attached hydrogen (secondary N) is 1. The third kappa shape index (κ3) is 3.85. The molecule has 2 aromatic rings. The number of carbonyl (C=O) groups excluding carboxylic acids is 1. The van der Waals surface area contributed by atoms with Gasteiger partial charge in [0, 0.05) is 30.9 Å². The maximum atomic E-state index is 11.9. The zero-order valence-corrected chi connectivity index (χ0v) is 16.7. The number of amides is 1. The third-order valence-electron chi connectivity index (χ3n) is 5.14. The van der Waals surface area contributed by atoms with Crippen molar-refractivity contribution in [1.29, 1.82) is 5.26 Å². The fourth-order valence-corrected chi connectivity index (χ4v) is 3.87. The highest BCUT2D eigenvalue weighted by Crippen LogP contribution is 2.34. The average molecular weight is 389 g/mol. The van der Waals surface area contributed by atoms with Gasteiger partial charge in [0.05, 0.1) is 5.56 Å². The molecule has 0 unspecified atom stereocenters. The van der Waals surface area contributed by atoms with Crippen LogP contribution in [0, 0.1) is 11.3 Å². The lowest BCUT2D eigenvalue weighted by atomic mass is 9.93. The predicted octanol–water partition coefficient (Wildman–Crippen LogP) is 4.02. The van der Waals surface area contributed by atoms with Crippen LogP contribution < -0.4 is 5.32 Å². The molecule has 1 aliphatic carbocycles. The molecule has 0 radical (unpaired) electrons. The Morgan fingerprint density at radius 3 is 2.45 bits per heavy atom. The molecule has 3 rings (SSSR count). The van der Waals surface area contributed by atoms with Crippen LogP contribution in [0.1, 0.15) is 54.0 Å². The molecule has 0 bridgehead atoms. The molecule has 1 aromatic heterocycles. The van der Waals surface area contributed by atoms with Gasteiger partial charge in [-0.3, -0.25) is 4.79 Å². The van der Waals surface area contributed by atoms with Crippen molar-refractivity contribution in [3.8, 4) is 17.2 Å². The highest BCUT2D eigenvalue weighted by atomic mass is 16.4. The van der Waals surface area contributed by atoms with Gasteiger partial charge >= 0.3 is 5.97 Å². The summed E-state index contributed by atoms with van der Waals surface area (Å²) in [6.07, 6.45) is 6.22. The molecule has 1 aromatic carbocycles. The summed E-state index contributed by atoms with van der Waals surface area (Å²) in [6.45, 7) is 3.39. The Morgan fingerprint density at radius 1 is 1.24 bits per heavy atom. The lowest BCUT2D eigenvalue weighted by molar-refractivity contribution is -0.118. The van der Waals surface area contributed by atoms with Crippen molar-refractivity contribution < 1.29 is 14.7 Å². The van der Waals surface area contributed by atoms with Crippen LogP contribution in [-0.2, 0) is 18.3 Å². The summed E-state index contributed by atoms with van der Waals surface area (Å²) in [5.74, 6) is -1.16. The standard InChI is InChI=1S/C23H23N3O3/c1-4-20-19(13-24)21(22(23(28)29)26(20)3)16-10-8-15(9-11-16)17-6-5-7-18(12-17)25-14(2)27/h7-12H,4-6H2,1-3H3,(H,25,27)(H,28,29). The Morgan fingerprint density at radius 2 is 1.90 bits per heavy atom. The minimum atomic E-state index is -1.05. The zero-order valence-electron chi connectivity index (χ0n) is 16.7. The van der Waals surface area contributed by atoms with E-state index in [9.17, 15) is 20.0 Å². The first kappa shape index (κ1) is 20.2. The van der Waals surface area contributed by atoms with Gasteiger partial charge in [0.1, 0.15) is 11.8 Å². The Balaban J connectivity index is 2.03. The number of aromatic nitrogens is 1. The molecule has 1 aliphatic rings. The SMILES string of the molecule is CCc1c(C#N)c(-c2ccc(C3=CC(NC(C)=O)=CCC3)cc2)c(C(=O)O)n1C. The van der Waals surface area contributed by atoms with E-state index in [1.54, 1.807) is 11.6 Å². The summed E-state index contributed by atoms with van der Waals surface area (Å²) >= 11 is 0. The normalized spacial score (nSPS) is 13.3. The van der Waals surface area contributed by atoms with Crippen molar-refractivity contribution in [2.75, 3.05) is 0 Å². The second kappa shape index (κ2) is 8.19. The number of nitrogens with zero attached hydrogens (tertiary/aromatic N) is 2. The van der Waals surface area contributed by atoms with Crippen molar-refractivity contribution in [1.82, 2.24) is 9.88 Å². The monoisotopic (exact) mass is 389 g/mol. The van der Waals surface area contributed by atoms with E-state index in [0.717, 1.165) is 29.7 Å². The molecule has 6 nitrogen and oxygen atoms in total. The van der Waals surface area contributed by atoms with Crippen molar-refractivity contribution in [2.24, 2.45) is 7.05 Å². The molecule has 0 saturated heterocycles. The van der Waals surface area contributed by atoms with Crippen LogP contribution in [0.2, 0.25) is 0 Å². The fraction of sp³-hybridized carbons (Fsp3) is 0.261. The second-order valence-corrected chi connectivity index (χ2v) is 7.00. The van der Waals surface area contributed by atoms with E-state index in [-0.39, 0.29) is 11.6 Å². The predicted molar refractivity (Wildman–Crippen MR) is 111 cm³/mol. The molecular formula is C23H23N3O3. The average Bonchev–Trinajstić information content (AvgIpc) is 2.99. The van der Waals surface area contributed by atoms with E-state index >= 15 is 0 Å². The molecule has 0 atom stereocenters. The van der Waals surface area contributed by atoms with E-state index in [2.05, 4.69) is 11.4 Å². The van der Waals surface area contributed by atoms with Crippen LogP contribution in [0.5, 0.6) is 0 Å². The number of carboxylic acid groups (broad SMARTS) is 1. The van der Waals surface area contributed by atoms with Gasteiger partial charge in [-0.1, -0.05) is 37.3 Å². The van der Waals surface area contributed by atoms with Crippen LogP contribution in [0.15, 0.2) is 42.1 Å². The summed E-state index contributed by atoms with van der Waals surface area (Å²) < 4.78 is 1.60. The molecule has 1 amide bonds. The van der Waals surface area contributed by atoms with Crippen molar-refractivity contribution in [2.45, 2.75) is 33.1 Å². The van der Waals surface area contributed by atoms with Crippen molar-refractivity contribution in [3.05, 3.63) is 64.6 Å². The van der Waals surface area contributed by atoms with Crippen LogP contribution in [0.4, 0.5) is 0 Å². The fourth-order valence-electron chi connectivity index (χ4n) is 3.87. The summed E-state index contributed by atoms with van der Waals surface area (Å²) in [7, 11) is 1.68. The highest BCUT2D eigenvalue weighted by molar-refractivity contribution is 5.97. The Hall–Kier alpha value is -3.59. The molecule has 0 spiro atoms. The second-order valence-electron chi connectivity index (χ2n) is 7.00. The summed E-state index contributed by atoms with van der Waals surface area (Å²) in [5, 5.41) is 22.2. The van der Waals surface area contributed by atoms with Gasteiger partial charge in [0.25, 0.3) is 0 Å². The maximum absolute atomic E-state index is 11.9. The number of allylic oxidation sites excluding steroid dienone is 3. The van der Waals surface area contributed by atoms with Gasteiger partial charge < -0.3 is 15.0 Å². The van der Waals surface area contributed by atoms with Gasteiger partial charge in [-0.15, -0.1) is 0 Å². The summed E-state index contributed by atoms with van der Waals surface area (Å²) in [5.41, 5.74) is 5.31. The highest BCUT2D eigenvalue weighted by Gasteiger charge is 2.25. The first-order chi connectivity index (χ1) is 13.9. The Bertz CT molecular complexity index is 1080. The number of hydrogen-bond donors (Lipinski definition) is 2. The van der Waals surface area contributed by atoms with Gasteiger partial charge in [0.2, 0.25) is 5.91 Å². The number of carboxylic acids is 1. The summed E-state index contributed by atoms with van der Waals surface area (Å²) in [6, 6.07) is 9.77. The number of nitriles is 1. The van der Waals surface area contributed by atoms with Crippen LogP contribution >= 0.6 is 0 Å². The number of hydrogen-bond acceptors (Lipinski definition) is 3. The minimum absolute atomic E-state index is 0.106. The lowest BCUT2D eigenvalue weighted by Crippen LogP contribution is -2.19. The molecule has 0 fully saturated rings. The number of carbonyl (C=O) groups is 2. The first-order valence-corrected chi connectivity index (χ1v) is 9.51. The van der Waals surface area contributed by atoms with Gasteiger partial charge in [-0.25, -0.2) is 4.79 Å². The lowest BCUT2D eigenvalue weighted by Gasteiger charge is -2.15. The van der Waals surface area contributed by atoms with Crippen LogP contribution in [-0.4, -0.2) is 21.6 Å². The maximum Gasteiger partial charge on any atom is 0.353 e. The molecular weight excluding hydrogens is 366 g/mol. The number of rotatable bonds is 5. The van der Waals surface area contributed by atoms with Gasteiger partial charge in [-0.05, 0) is 42.0 Å². The Labute approximate surface area is 169 Å². The molecule has 0 saturated carbocycles. The van der Waals surface area contributed by atoms with E-state index in [0.29, 0.717) is 28.8 Å². The molecule has 6 heteroatoms. The smallest absolute Gasteiger partial charge is 0.353 e. The van der Waals surface area contributed by atoms with E-state index in [1.165, 1.54) is 6.92 Å². The molecule has 0 aliphatic heterocycles. The topological polar surface area (TPSA) is 95.1 Å². The molecule has 148 valence electrons. The molecule has 29 heavy (non-hydrogen) atoms. The van der Waals surface area contributed by atoms with Gasteiger partial charge in [0.15, 0.2) is 0 Å². The zero-order chi connectivity index (χ0) is 21.1. The molecule has 2 N–H and O–H groups in total. The number of aromatic carboxylic acids is 1. The van der Waals surface area contributed by atoms with Crippen LogP contribution in [0.25, 0.3) is 16.7 Å². The summed E-state index contributed by atoms with van der Waals surface area (Å²) in [4.78, 5) is 23.2. The first-order valence-electron chi connectivity index (χ1n) is 9.51. The molecule has 1 heterocycles.